The summed E-state index contributed by atoms with van der Waals surface area (Å²) >= 11 is 0. The van der Waals surface area contributed by atoms with Crippen molar-refractivity contribution < 1.29 is 19.0 Å². The minimum absolute atomic E-state index is 0.00268. The van der Waals surface area contributed by atoms with Crippen molar-refractivity contribution in [2.75, 3.05) is 25.6 Å². The summed E-state index contributed by atoms with van der Waals surface area (Å²) in [6, 6.07) is 11.4. The zero-order valence-corrected chi connectivity index (χ0v) is 15.0. The predicted molar refractivity (Wildman–Crippen MR) is 102 cm³/mol. The Hall–Kier alpha value is -3.15. The lowest BCUT2D eigenvalue weighted by Gasteiger charge is -2.20. The van der Waals surface area contributed by atoms with Gasteiger partial charge >= 0.3 is 0 Å². The number of ether oxygens (including phenoxy) is 3. The Morgan fingerprint density at radius 3 is 2.70 bits per heavy atom. The number of aromatic amines is 1. The molecule has 6 nitrogen and oxygen atoms in total. The monoisotopic (exact) mass is 364 g/mol. The second kappa shape index (κ2) is 5.94. The zero-order chi connectivity index (χ0) is 18.4. The first kappa shape index (κ1) is 16.1. The molecule has 2 N–H and O–H groups in total. The number of anilines is 1. The van der Waals surface area contributed by atoms with Crippen LogP contribution in [0.15, 0.2) is 42.6 Å². The standard InChI is InChI=1S/C21H20N2O4/c1-25-14-3-4-17-15(11-14)16(12-22-17)21(6-7-21)20(24)23-13-2-5-18-19(10-13)27-9-8-26-18/h2-5,10-12,22H,6-9H2,1H3,(H,23,24). The number of rotatable bonds is 4. The third-order valence-corrected chi connectivity index (χ3v) is 5.39. The van der Waals surface area contributed by atoms with Gasteiger partial charge in [0.1, 0.15) is 19.0 Å². The average molecular weight is 364 g/mol. The summed E-state index contributed by atoms with van der Waals surface area (Å²) in [6.07, 6.45) is 3.60. The topological polar surface area (TPSA) is 72.6 Å². The molecule has 5 rings (SSSR count). The van der Waals surface area contributed by atoms with Crippen LogP contribution in [0, 0.1) is 0 Å². The summed E-state index contributed by atoms with van der Waals surface area (Å²) in [4.78, 5) is 16.4. The molecular formula is C21H20N2O4. The molecule has 2 aromatic carbocycles. The van der Waals surface area contributed by atoms with Crippen LogP contribution in [0.4, 0.5) is 5.69 Å². The summed E-state index contributed by atoms with van der Waals surface area (Å²) in [5.41, 5.74) is 2.24. The number of benzene rings is 2. The summed E-state index contributed by atoms with van der Waals surface area (Å²) in [6.45, 7) is 1.07. The fourth-order valence-electron chi connectivity index (χ4n) is 3.74. The predicted octanol–water partition coefficient (Wildman–Crippen LogP) is 3.62. The smallest absolute Gasteiger partial charge is 0.235 e. The molecular weight excluding hydrogens is 344 g/mol. The molecule has 0 spiro atoms. The third-order valence-electron chi connectivity index (χ3n) is 5.39. The van der Waals surface area contributed by atoms with Gasteiger partial charge in [0.2, 0.25) is 5.91 Å². The second-order valence-corrected chi connectivity index (χ2v) is 7.01. The van der Waals surface area contributed by atoms with E-state index in [1.54, 1.807) is 7.11 Å². The van der Waals surface area contributed by atoms with E-state index in [0.717, 1.165) is 35.1 Å². The van der Waals surface area contributed by atoms with Crippen LogP contribution in [-0.4, -0.2) is 31.2 Å². The highest BCUT2D eigenvalue weighted by atomic mass is 16.6. The first-order valence-electron chi connectivity index (χ1n) is 9.06. The minimum atomic E-state index is -0.502. The van der Waals surface area contributed by atoms with Gasteiger partial charge in [0.15, 0.2) is 11.5 Å². The molecule has 0 radical (unpaired) electrons. The summed E-state index contributed by atoms with van der Waals surface area (Å²) in [5, 5.41) is 4.09. The first-order valence-corrected chi connectivity index (χ1v) is 9.06. The van der Waals surface area contributed by atoms with Crippen LogP contribution in [-0.2, 0) is 10.2 Å². The van der Waals surface area contributed by atoms with Crippen LogP contribution in [0.1, 0.15) is 18.4 Å². The molecule has 27 heavy (non-hydrogen) atoms. The van der Waals surface area contributed by atoms with Crippen LogP contribution >= 0.6 is 0 Å². The van der Waals surface area contributed by atoms with Crippen molar-refractivity contribution in [3.05, 3.63) is 48.2 Å². The number of aromatic nitrogens is 1. The summed E-state index contributed by atoms with van der Waals surface area (Å²) in [7, 11) is 1.65. The average Bonchev–Trinajstić information content (AvgIpc) is 3.41. The number of amides is 1. The van der Waals surface area contributed by atoms with Crippen LogP contribution in [0.3, 0.4) is 0 Å². The Morgan fingerprint density at radius 1 is 1.11 bits per heavy atom. The fraction of sp³-hybridized carbons (Fsp3) is 0.286. The first-order chi connectivity index (χ1) is 13.2. The van der Waals surface area contributed by atoms with Crippen molar-refractivity contribution in [3.63, 3.8) is 0 Å². The molecule has 0 unspecified atom stereocenters. The number of fused-ring (bicyclic) bond motifs is 2. The van der Waals surface area contributed by atoms with Gasteiger partial charge in [0.25, 0.3) is 0 Å². The van der Waals surface area contributed by atoms with Crippen molar-refractivity contribution in [2.24, 2.45) is 0 Å². The lowest BCUT2D eigenvalue weighted by atomic mass is 9.94. The molecule has 2 heterocycles. The molecule has 138 valence electrons. The molecule has 6 heteroatoms. The number of methoxy groups -OCH3 is 1. The van der Waals surface area contributed by atoms with E-state index in [0.29, 0.717) is 30.4 Å². The Labute approximate surface area is 156 Å². The van der Waals surface area contributed by atoms with Gasteiger partial charge in [-0.05, 0) is 48.7 Å². The number of carbonyl (C=O) groups is 1. The van der Waals surface area contributed by atoms with E-state index in [-0.39, 0.29) is 5.91 Å². The lowest BCUT2D eigenvalue weighted by Crippen LogP contribution is -2.27. The number of hydrogen-bond acceptors (Lipinski definition) is 4. The molecule has 1 aliphatic carbocycles. The van der Waals surface area contributed by atoms with Gasteiger partial charge in [-0.1, -0.05) is 0 Å². The van der Waals surface area contributed by atoms with Crippen molar-refractivity contribution in [1.82, 2.24) is 4.98 Å². The van der Waals surface area contributed by atoms with Crippen LogP contribution < -0.4 is 19.5 Å². The van der Waals surface area contributed by atoms with E-state index < -0.39 is 5.41 Å². The van der Waals surface area contributed by atoms with E-state index >= 15 is 0 Å². The van der Waals surface area contributed by atoms with E-state index in [1.807, 2.05) is 42.6 Å². The van der Waals surface area contributed by atoms with Gasteiger partial charge in [-0.25, -0.2) is 0 Å². The Balaban J connectivity index is 1.45. The third kappa shape index (κ3) is 2.60. The molecule has 0 bridgehead atoms. The quantitative estimate of drug-likeness (QED) is 0.742. The number of H-pyrrole nitrogens is 1. The van der Waals surface area contributed by atoms with Gasteiger partial charge in [0.05, 0.1) is 12.5 Å². The number of carbonyl (C=O) groups excluding carboxylic acids is 1. The zero-order valence-electron chi connectivity index (χ0n) is 15.0. The van der Waals surface area contributed by atoms with E-state index in [1.165, 1.54) is 0 Å². The van der Waals surface area contributed by atoms with E-state index in [2.05, 4.69) is 10.3 Å². The molecule has 1 amide bonds. The van der Waals surface area contributed by atoms with Crippen LogP contribution in [0.2, 0.25) is 0 Å². The highest BCUT2D eigenvalue weighted by molar-refractivity contribution is 6.04. The Kier molecular flexibility index (Phi) is 3.53. The molecule has 1 saturated carbocycles. The molecule has 1 aliphatic heterocycles. The number of nitrogens with one attached hydrogen (secondary N) is 2. The van der Waals surface area contributed by atoms with Crippen molar-refractivity contribution >= 4 is 22.5 Å². The second-order valence-electron chi connectivity index (χ2n) is 7.01. The summed E-state index contributed by atoms with van der Waals surface area (Å²) < 4.78 is 16.5. The van der Waals surface area contributed by atoms with Crippen LogP contribution in [0.5, 0.6) is 17.2 Å². The fourth-order valence-corrected chi connectivity index (χ4v) is 3.74. The molecule has 1 aromatic heterocycles. The van der Waals surface area contributed by atoms with Crippen molar-refractivity contribution in [2.45, 2.75) is 18.3 Å². The number of hydrogen-bond donors (Lipinski definition) is 2. The highest BCUT2D eigenvalue weighted by Crippen LogP contribution is 2.51. The van der Waals surface area contributed by atoms with E-state index in [9.17, 15) is 4.79 Å². The van der Waals surface area contributed by atoms with E-state index in [4.69, 9.17) is 14.2 Å². The maximum atomic E-state index is 13.1. The van der Waals surface area contributed by atoms with Gasteiger partial charge in [-0.3, -0.25) is 4.79 Å². The largest absolute Gasteiger partial charge is 0.497 e. The summed E-state index contributed by atoms with van der Waals surface area (Å²) in [5.74, 6) is 2.17. The SMILES string of the molecule is COc1ccc2[nH]cc(C3(C(=O)Nc4ccc5c(c4)OCCO5)CC3)c2c1. The molecule has 0 atom stereocenters. The minimum Gasteiger partial charge on any atom is -0.497 e. The lowest BCUT2D eigenvalue weighted by molar-refractivity contribution is -0.118. The molecule has 3 aromatic rings. The maximum absolute atomic E-state index is 13.1. The maximum Gasteiger partial charge on any atom is 0.235 e. The van der Waals surface area contributed by atoms with Crippen molar-refractivity contribution in [3.8, 4) is 17.2 Å². The van der Waals surface area contributed by atoms with Gasteiger partial charge in [-0.2, -0.15) is 0 Å². The Morgan fingerprint density at radius 2 is 1.93 bits per heavy atom. The molecule has 0 saturated heterocycles. The molecule has 1 fully saturated rings. The van der Waals surface area contributed by atoms with Gasteiger partial charge in [-0.15, -0.1) is 0 Å². The van der Waals surface area contributed by atoms with Crippen LogP contribution in [0.25, 0.3) is 10.9 Å². The molecule has 2 aliphatic rings. The normalized spacial score (nSPS) is 16.8. The van der Waals surface area contributed by atoms with Gasteiger partial charge < -0.3 is 24.5 Å². The van der Waals surface area contributed by atoms with Crippen molar-refractivity contribution in [1.29, 1.82) is 0 Å². The van der Waals surface area contributed by atoms with Gasteiger partial charge in [0, 0.05) is 28.9 Å². The Bertz CT molecular complexity index is 1040. The highest BCUT2D eigenvalue weighted by Gasteiger charge is 2.52.